The Labute approximate surface area is 198 Å². The minimum absolute atomic E-state index is 0.148. The van der Waals surface area contributed by atoms with Crippen LogP contribution in [0.1, 0.15) is 34.4 Å². The molecule has 0 saturated carbocycles. The number of aromatic hydroxyl groups is 1. The van der Waals surface area contributed by atoms with Gasteiger partial charge in [-0.15, -0.1) is 0 Å². The highest BCUT2D eigenvalue weighted by Gasteiger charge is 2.36. The maximum atomic E-state index is 13.6. The Hall–Kier alpha value is -3.90. The molecular formula is C28H27N3O3. The second-order valence-electron chi connectivity index (χ2n) is 8.75. The van der Waals surface area contributed by atoms with E-state index in [-0.39, 0.29) is 17.7 Å². The van der Waals surface area contributed by atoms with Gasteiger partial charge in [-0.25, -0.2) is 4.98 Å². The van der Waals surface area contributed by atoms with Gasteiger partial charge >= 0.3 is 0 Å². The van der Waals surface area contributed by atoms with Crippen LogP contribution in [0, 0.1) is 6.92 Å². The topological polar surface area (TPSA) is 92.6 Å². The molecule has 34 heavy (non-hydrogen) atoms. The number of amides is 1. The summed E-state index contributed by atoms with van der Waals surface area (Å²) in [7, 11) is 0. The normalized spacial score (nSPS) is 16.2. The molecule has 6 heteroatoms. The zero-order chi connectivity index (χ0) is 23.7. The average Bonchev–Trinajstić information content (AvgIpc) is 3.26. The lowest BCUT2D eigenvalue weighted by Gasteiger charge is -2.36. The smallest absolute Gasteiger partial charge is 0.240 e. The van der Waals surface area contributed by atoms with Crippen molar-refractivity contribution < 1.29 is 14.3 Å². The number of phenolic OH excluding ortho intramolecular Hbond substituents is 1. The Bertz CT molecular complexity index is 1300. The summed E-state index contributed by atoms with van der Waals surface area (Å²) in [6.07, 6.45) is 0.992. The molecule has 4 aromatic rings. The predicted octanol–water partition coefficient (Wildman–Crippen LogP) is 4.55. The number of benzene rings is 3. The fraction of sp³-hybridized carbons (Fsp3) is 0.214. The van der Waals surface area contributed by atoms with Crippen molar-refractivity contribution >= 4 is 5.91 Å². The Kier molecular flexibility index (Phi) is 5.90. The van der Waals surface area contributed by atoms with E-state index in [9.17, 15) is 9.90 Å². The van der Waals surface area contributed by atoms with Crippen molar-refractivity contribution in [3.63, 3.8) is 0 Å². The van der Waals surface area contributed by atoms with Crippen LogP contribution >= 0.6 is 0 Å². The van der Waals surface area contributed by atoms with Crippen LogP contribution in [0.4, 0.5) is 0 Å². The molecule has 2 heterocycles. The molecule has 0 saturated heterocycles. The van der Waals surface area contributed by atoms with Gasteiger partial charge in [-0.1, -0.05) is 66.7 Å². The van der Waals surface area contributed by atoms with E-state index >= 15 is 0 Å². The lowest BCUT2D eigenvalue weighted by atomic mass is 9.92. The molecule has 1 aliphatic rings. The summed E-state index contributed by atoms with van der Waals surface area (Å²) in [6, 6.07) is 23.8. The first-order valence-corrected chi connectivity index (χ1v) is 11.4. The monoisotopic (exact) mass is 453 g/mol. The van der Waals surface area contributed by atoms with Crippen molar-refractivity contribution in [1.29, 1.82) is 0 Å². The molecule has 6 nitrogen and oxygen atoms in total. The fourth-order valence-electron chi connectivity index (χ4n) is 4.58. The summed E-state index contributed by atoms with van der Waals surface area (Å²) in [4.78, 5) is 20.2. The molecule has 1 unspecified atom stereocenters. The number of carbonyl (C=O) groups is 1. The van der Waals surface area contributed by atoms with Crippen LogP contribution in [0.25, 0.3) is 11.3 Å². The lowest BCUT2D eigenvalue weighted by Crippen LogP contribution is -2.48. The first kappa shape index (κ1) is 21.9. The van der Waals surface area contributed by atoms with Crippen LogP contribution in [-0.4, -0.2) is 26.9 Å². The number of nitrogens with zero attached hydrogens (tertiary/aromatic N) is 2. The third-order valence-electron chi connectivity index (χ3n) is 6.39. The molecule has 5 rings (SSSR count). The summed E-state index contributed by atoms with van der Waals surface area (Å²) in [5.74, 6) is 1.28. The van der Waals surface area contributed by atoms with Gasteiger partial charge in [-0.2, -0.15) is 0 Å². The molecule has 0 aliphatic carbocycles. The number of carbonyl (C=O) groups excluding carboxylic acids is 1. The van der Waals surface area contributed by atoms with E-state index in [0.29, 0.717) is 25.3 Å². The van der Waals surface area contributed by atoms with E-state index in [2.05, 4.69) is 6.07 Å². The Balaban J connectivity index is 1.47. The number of aromatic nitrogens is 1. The molecule has 0 radical (unpaired) electrons. The zero-order valence-electron chi connectivity index (χ0n) is 19.0. The third kappa shape index (κ3) is 4.32. The number of fused-ring (bicyclic) bond motifs is 1. The van der Waals surface area contributed by atoms with Gasteiger partial charge in [0.15, 0.2) is 0 Å². The van der Waals surface area contributed by atoms with Crippen LogP contribution in [-0.2, 0) is 24.2 Å². The number of hydrogen-bond donors (Lipinski definition) is 2. The van der Waals surface area contributed by atoms with Crippen LogP contribution < -0.4 is 5.73 Å². The van der Waals surface area contributed by atoms with E-state index in [1.165, 1.54) is 5.56 Å². The third-order valence-corrected chi connectivity index (χ3v) is 6.39. The number of hydrogen-bond acceptors (Lipinski definition) is 5. The molecule has 1 amide bonds. The van der Waals surface area contributed by atoms with E-state index in [0.717, 1.165) is 28.1 Å². The first-order chi connectivity index (χ1) is 16.5. The zero-order valence-corrected chi connectivity index (χ0v) is 19.0. The highest BCUT2D eigenvalue weighted by molar-refractivity contribution is 5.82. The lowest BCUT2D eigenvalue weighted by molar-refractivity contribution is -0.137. The minimum Gasteiger partial charge on any atom is -0.508 e. The van der Waals surface area contributed by atoms with Gasteiger partial charge in [-0.3, -0.25) is 4.79 Å². The van der Waals surface area contributed by atoms with Crippen LogP contribution in [0.15, 0.2) is 83.3 Å². The Morgan fingerprint density at radius 2 is 1.74 bits per heavy atom. The van der Waals surface area contributed by atoms with Crippen molar-refractivity contribution in [2.75, 3.05) is 0 Å². The summed E-state index contributed by atoms with van der Waals surface area (Å²) < 4.78 is 6.14. The Morgan fingerprint density at radius 3 is 2.47 bits per heavy atom. The Morgan fingerprint density at radius 1 is 1.06 bits per heavy atom. The fourth-order valence-corrected chi connectivity index (χ4v) is 4.58. The molecule has 0 bridgehead atoms. The minimum atomic E-state index is -0.720. The number of oxazole rings is 1. The van der Waals surface area contributed by atoms with Gasteiger partial charge in [-0.05, 0) is 42.2 Å². The summed E-state index contributed by atoms with van der Waals surface area (Å²) in [5.41, 5.74) is 11.3. The van der Waals surface area contributed by atoms with Gasteiger partial charge in [0.1, 0.15) is 23.2 Å². The van der Waals surface area contributed by atoms with Crippen LogP contribution in [0.2, 0.25) is 0 Å². The van der Waals surface area contributed by atoms with Crippen molar-refractivity contribution in [3.05, 3.63) is 107 Å². The number of phenols is 1. The summed E-state index contributed by atoms with van der Waals surface area (Å²) >= 11 is 0. The SMILES string of the molecule is Cc1oc([C@@H]2Cc3ccccc3CN2C(=O)C(N)Cc2ccc(O)cc2)nc1-c1ccccc1. The van der Waals surface area contributed by atoms with Crippen molar-refractivity contribution in [2.45, 2.75) is 38.4 Å². The molecule has 0 fully saturated rings. The summed E-state index contributed by atoms with van der Waals surface area (Å²) in [5, 5.41) is 9.54. The second kappa shape index (κ2) is 9.15. The largest absolute Gasteiger partial charge is 0.508 e. The molecule has 3 N–H and O–H groups in total. The number of aryl methyl sites for hydroxylation is 1. The molecular weight excluding hydrogens is 426 g/mol. The van der Waals surface area contributed by atoms with Crippen molar-refractivity contribution in [2.24, 2.45) is 5.73 Å². The molecule has 172 valence electrons. The van der Waals surface area contributed by atoms with Gasteiger partial charge in [0.05, 0.1) is 6.04 Å². The maximum Gasteiger partial charge on any atom is 0.240 e. The standard InChI is InChI=1S/C28H27N3O3/c1-18-26(20-7-3-2-4-8-20)30-27(34-18)25-16-21-9-5-6-10-22(21)17-31(25)28(33)24(29)15-19-11-13-23(32)14-12-19/h2-14,24-25,32H,15-17,29H2,1H3/t24?,25-/m0/s1. The number of rotatable bonds is 5. The van der Waals surface area contributed by atoms with E-state index in [4.69, 9.17) is 15.1 Å². The first-order valence-electron chi connectivity index (χ1n) is 11.4. The van der Waals surface area contributed by atoms with Crippen molar-refractivity contribution in [1.82, 2.24) is 9.88 Å². The maximum absolute atomic E-state index is 13.6. The highest BCUT2D eigenvalue weighted by atomic mass is 16.4. The predicted molar refractivity (Wildman–Crippen MR) is 130 cm³/mol. The average molecular weight is 454 g/mol. The quantitative estimate of drug-likeness (QED) is 0.462. The van der Waals surface area contributed by atoms with Crippen LogP contribution in [0.3, 0.4) is 0 Å². The van der Waals surface area contributed by atoms with Crippen LogP contribution in [0.5, 0.6) is 5.75 Å². The van der Waals surface area contributed by atoms with E-state index in [1.807, 2.05) is 55.5 Å². The second-order valence-corrected chi connectivity index (χ2v) is 8.75. The van der Waals surface area contributed by atoms with Gasteiger partial charge in [0.25, 0.3) is 0 Å². The molecule has 3 aromatic carbocycles. The van der Waals surface area contributed by atoms with Gasteiger partial charge in [0.2, 0.25) is 11.8 Å². The van der Waals surface area contributed by atoms with E-state index in [1.54, 1.807) is 29.2 Å². The molecule has 1 aromatic heterocycles. The van der Waals surface area contributed by atoms with Crippen molar-refractivity contribution in [3.8, 4) is 17.0 Å². The molecule has 1 aliphatic heterocycles. The molecule has 2 atom stereocenters. The van der Waals surface area contributed by atoms with Gasteiger partial charge < -0.3 is 20.2 Å². The number of nitrogens with two attached hydrogens (primary N) is 1. The van der Waals surface area contributed by atoms with Gasteiger partial charge in [0, 0.05) is 18.5 Å². The van der Waals surface area contributed by atoms with E-state index < -0.39 is 6.04 Å². The summed E-state index contributed by atoms with van der Waals surface area (Å²) in [6.45, 7) is 2.35. The highest BCUT2D eigenvalue weighted by Crippen LogP contribution is 2.36. The molecule has 0 spiro atoms.